The Morgan fingerprint density at radius 3 is 2.14 bits per heavy atom. The molecule has 0 aliphatic heterocycles. The summed E-state index contributed by atoms with van der Waals surface area (Å²) in [6.45, 7) is -1.41. The Hall–Kier alpha value is -2.67. The lowest BCUT2D eigenvalue weighted by Gasteiger charge is -2.24. The number of benzene rings is 2. The average molecular weight is 519 g/mol. The first-order valence-corrected chi connectivity index (χ1v) is 10.2. The van der Waals surface area contributed by atoms with E-state index in [4.69, 9.17) is 4.74 Å². The second-order valence-electron chi connectivity index (χ2n) is 7.48. The predicted octanol–water partition coefficient (Wildman–Crippen LogP) is 6.50. The number of para-hydroxylation sites is 1. The Morgan fingerprint density at radius 1 is 0.829 bits per heavy atom. The molecule has 2 aromatic rings. The van der Waals surface area contributed by atoms with Crippen molar-refractivity contribution in [1.82, 2.24) is 4.90 Å². The van der Waals surface area contributed by atoms with Gasteiger partial charge >= 0.3 is 19.0 Å². The molecule has 35 heavy (non-hydrogen) atoms. The lowest BCUT2D eigenvalue weighted by atomic mass is 10.0. The van der Waals surface area contributed by atoms with Gasteiger partial charge in [0.25, 0.3) is 0 Å². The summed E-state index contributed by atoms with van der Waals surface area (Å²) in [7, 11) is 0.704. The molecule has 0 saturated heterocycles. The van der Waals surface area contributed by atoms with Gasteiger partial charge in [0.1, 0.15) is 24.2 Å². The molecule has 1 atom stereocenters. The highest BCUT2D eigenvalue weighted by Gasteiger charge is 2.37. The van der Waals surface area contributed by atoms with Gasteiger partial charge in [0.05, 0.1) is 0 Å². The van der Waals surface area contributed by atoms with Crippen LogP contribution >= 0.6 is 0 Å². The van der Waals surface area contributed by atoms with Gasteiger partial charge in [-0.15, -0.1) is 26.3 Å². The van der Waals surface area contributed by atoms with Crippen LogP contribution < -0.4 is 9.47 Å². The van der Waals surface area contributed by atoms with Gasteiger partial charge in [-0.05, 0) is 55.6 Å². The van der Waals surface area contributed by atoms with Crippen LogP contribution in [0.25, 0.3) is 0 Å². The minimum absolute atomic E-state index is 0.0652. The van der Waals surface area contributed by atoms with Crippen molar-refractivity contribution < 1.29 is 53.7 Å². The number of ether oxygens (including phenoxy) is 3. The molecular formula is C22H22F9NO3. The molecular weight excluding hydrogens is 497 g/mol. The van der Waals surface area contributed by atoms with Gasteiger partial charge in [0.2, 0.25) is 0 Å². The second-order valence-corrected chi connectivity index (χ2v) is 7.48. The molecule has 0 aliphatic carbocycles. The van der Waals surface area contributed by atoms with Crippen LogP contribution in [0.2, 0.25) is 0 Å². The van der Waals surface area contributed by atoms with Crippen molar-refractivity contribution in [2.75, 3.05) is 20.2 Å². The number of hydrogen-bond acceptors (Lipinski definition) is 4. The average Bonchev–Trinajstić information content (AvgIpc) is 2.72. The monoisotopic (exact) mass is 519 g/mol. The van der Waals surface area contributed by atoms with E-state index in [0.717, 1.165) is 6.07 Å². The molecule has 0 aromatic heterocycles. The largest absolute Gasteiger partial charge is 0.573 e. The van der Waals surface area contributed by atoms with Crippen molar-refractivity contribution >= 4 is 0 Å². The molecule has 0 bridgehead atoms. The van der Waals surface area contributed by atoms with Crippen LogP contribution in [-0.2, 0) is 17.6 Å². The molecule has 13 heteroatoms. The van der Waals surface area contributed by atoms with Gasteiger partial charge in [0.15, 0.2) is 0 Å². The highest BCUT2D eigenvalue weighted by atomic mass is 19.4. The third-order valence-electron chi connectivity index (χ3n) is 4.73. The van der Waals surface area contributed by atoms with E-state index in [1.54, 1.807) is 24.3 Å². The number of rotatable bonds is 11. The zero-order valence-electron chi connectivity index (χ0n) is 18.3. The molecule has 0 fully saturated rings. The minimum atomic E-state index is -5.08. The zero-order valence-corrected chi connectivity index (χ0v) is 18.3. The van der Waals surface area contributed by atoms with E-state index in [-0.39, 0.29) is 23.5 Å². The quantitative estimate of drug-likeness (QED) is 0.251. The smallest absolute Gasteiger partial charge is 0.491 e. The maximum Gasteiger partial charge on any atom is 0.573 e. The lowest BCUT2D eigenvalue weighted by Crippen LogP contribution is -2.38. The molecule has 196 valence electrons. The van der Waals surface area contributed by atoms with Crippen LogP contribution in [0.5, 0.6) is 11.5 Å². The normalized spacial score (nSPS) is 13.7. The van der Waals surface area contributed by atoms with Crippen molar-refractivity contribution in [2.24, 2.45) is 0 Å². The second kappa shape index (κ2) is 11.8. The molecule has 0 N–H and O–H groups in total. The van der Waals surface area contributed by atoms with Crippen LogP contribution in [0.1, 0.15) is 17.5 Å². The molecule has 0 unspecified atom stereocenters. The van der Waals surface area contributed by atoms with Crippen molar-refractivity contribution in [3.05, 3.63) is 59.7 Å². The number of alkyl halides is 9. The van der Waals surface area contributed by atoms with E-state index < -0.39 is 50.5 Å². The van der Waals surface area contributed by atoms with Crippen LogP contribution in [0.15, 0.2) is 48.5 Å². The topological polar surface area (TPSA) is 30.9 Å². The third-order valence-corrected chi connectivity index (χ3v) is 4.73. The highest BCUT2D eigenvalue weighted by Crippen LogP contribution is 2.27. The van der Waals surface area contributed by atoms with E-state index in [1.165, 1.54) is 18.2 Å². The molecule has 0 spiro atoms. The van der Waals surface area contributed by atoms with Crippen LogP contribution in [0.3, 0.4) is 0 Å². The molecule has 2 rings (SSSR count). The first-order chi connectivity index (χ1) is 16.1. The van der Waals surface area contributed by atoms with Crippen molar-refractivity contribution in [3.8, 4) is 11.5 Å². The van der Waals surface area contributed by atoms with Gasteiger partial charge in [0, 0.05) is 6.54 Å². The van der Waals surface area contributed by atoms with Gasteiger partial charge in [-0.25, -0.2) is 4.90 Å². The molecule has 0 amide bonds. The minimum Gasteiger partial charge on any atom is -0.491 e. The fraction of sp³-hybridized carbons (Fsp3) is 0.455. The molecule has 4 nitrogen and oxygen atoms in total. The summed E-state index contributed by atoms with van der Waals surface area (Å²) in [5.41, 5.74) is 1.04. The van der Waals surface area contributed by atoms with E-state index in [2.05, 4.69) is 9.47 Å². The number of nitrogens with zero attached hydrogens (tertiary/aromatic N) is 1. The Balaban J connectivity index is 2.03. The maximum atomic E-state index is 12.7. The van der Waals surface area contributed by atoms with Gasteiger partial charge in [-0.2, -0.15) is 13.2 Å². The maximum absolute atomic E-state index is 12.7. The lowest BCUT2D eigenvalue weighted by molar-refractivity contribution is -0.346. The molecule has 0 aliphatic rings. The highest BCUT2D eigenvalue weighted by molar-refractivity contribution is 5.35. The van der Waals surface area contributed by atoms with Crippen molar-refractivity contribution in [1.29, 1.82) is 0 Å². The molecule has 0 radical (unpaired) electrons. The molecule has 2 aromatic carbocycles. The third kappa shape index (κ3) is 11.1. The van der Waals surface area contributed by atoms with Gasteiger partial charge < -0.3 is 9.47 Å². The summed E-state index contributed by atoms with van der Waals surface area (Å²) in [6.07, 6.45) is -16.4. The summed E-state index contributed by atoms with van der Waals surface area (Å²) >= 11 is 0. The van der Waals surface area contributed by atoms with E-state index in [0.29, 0.717) is 18.2 Å². The molecule has 0 heterocycles. The van der Waals surface area contributed by atoms with Crippen LogP contribution in [0.4, 0.5) is 39.5 Å². The standard InChI is InChI=1S/C22H22F9NO3/c1-32(20(23,24)25)12-11-18(35-22(29,30)31)14-33-19-8-3-2-6-16(19)10-9-15-5-4-7-17(13-15)34-21(26,27)28/h2-8,13,18H,9-12,14H2,1H3/t18-/m0/s1. The Morgan fingerprint density at radius 2 is 1.51 bits per heavy atom. The van der Waals surface area contributed by atoms with Gasteiger partial charge in [-0.3, -0.25) is 4.74 Å². The zero-order chi connectivity index (χ0) is 26.3. The Labute approximate surface area is 195 Å². The van der Waals surface area contributed by atoms with Gasteiger partial charge in [-0.1, -0.05) is 30.3 Å². The fourth-order valence-electron chi connectivity index (χ4n) is 3.04. The number of halogens is 9. The SMILES string of the molecule is CN(CC[C@@H](COc1ccccc1CCc1cccc(OC(F)(F)F)c1)OC(F)(F)F)C(F)(F)F. The number of hydrogen-bond donors (Lipinski definition) is 0. The van der Waals surface area contributed by atoms with Crippen molar-refractivity contribution in [3.63, 3.8) is 0 Å². The Bertz CT molecular complexity index is 929. The first-order valence-electron chi connectivity index (χ1n) is 10.2. The summed E-state index contributed by atoms with van der Waals surface area (Å²) in [6, 6.07) is 11.6. The summed E-state index contributed by atoms with van der Waals surface area (Å²) in [5, 5.41) is 0. The predicted molar refractivity (Wildman–Crippen MR) is 107 cm³/mol. The van der Waals surface area contributed by atoms with E-state index in [9.17, 15) is 39.5 Å². The van der Waals surface area contributed by atoms with Crippen LogP contribution in [0, 0.1) is 0 Å². The van der Waals surface area contributed by atoms with E-state index >= 15 is 0 Å². The van der Waals surface area contributed by atoms with Crippen LogP contribution in [-0.4, -0.2) is 50.2 Å². The number of aryl methyl sites for hydroxylation is 2. The fourth-order valence-corrected chi connectivity index (χ4v) is 3.04. The summed E-state index contributed by atoms with van der Waals surface area (Å²) in [4.78, 5) is -0.0652. The van der Waals surface area contributed by atoms with Crippen molar-refractivity contribution in [2.45, 2.75) is 44.4 Å². The summed E-state index contributed by atoms with van der Waals surface area (Å²) < 4.78 is 127. The first kappa shape index (κ1) is 28.6. The Kier molecular flexibility index (Phi) is 9.67. The molecule has 0 saturated carbocycles. The van der Waals surface area contributed by atoms with E-state index in [1.807, 2.05) is 0 Å². The summed E-state index contributed by atoms with van der Waals surface area (Å²) in [5.74, 6) is -0.217.